The molecule has 9 heteroatoms. The topological polar surface area (TPSA) is 83.9 Å². The maximum atomic E-state index is 11.2. The highest BCUT2D eigenvalue weighted by Gasteiger charge is 2.28. The first-order valence-corrected chi connectivity index (χ1v) is 6.56. The van der Waals surface area contributed by atoms with E-state index in [0.29, 0.717) is 0 Å². The number of hydrogen-bond acceptors (Lipinski definition) is 5. The summed E-state index contributed by atoms with van der Waals surface area (Å²) >= 11 is 11.0. The van der Waals surface area contributed by atoms with E-state index in [-0.39, 0.29) is 6.42 Å². The maximum absolute atomic E-state index is 11.2. The van der Waals surface area contributed by atoms with Gasteiger partial charge in [0, 0.05) is 0 Å². The lowest BCUT2D eigenvalue weighted by atomic mass is 10.0. The fourth-order valence-electron chi connectivity index (χ4n) is 0.725. The highest BCUT2D eigenvalue weighted by atomic mass is 35.5. The molecule has 0 bridgehead atoms. The fraction of sp³-hybridized carbons (Fsp3) is 0.857. The van der Waals surface area contributed by atoms with Crippen molar-refractivity contribution in [1.29, 1.82) is 0 Å². The van der Waals surface area contributed by atoms with Crippen molar-refractivity contribution in [1.82, 2.24) is 3.94 Å². The van der Waals surface area contributed by atoms with Crippen LogP contribution >= 0.6 is 23.6 Å². The van der Waals surface area contributed by atoms with Gasteiger partial charge in [0.2, 0.25) is 0 Å². The Hall–Kier alpha value is -0.0800. The lowest BCUT2D eigenvalue weighted by Gasteiger charge is -2.25. The minimum atomic E-state index is -4.12. The van der Waals surface area contributed by atoms with Crippen LogP contribution in [0.25, 0.3) is 0 Å². The third-order valence-electron chi connectivity index (χ3n) is 1.64. The van der Waals surface area contributed by atoms with Gasteiger partial charge in [-0.3, -0.25) is 9.35 Å². The Morgan fingerprint density at radius 1 is 1.44 bits per heavy atom. The predicted octanol–water partition coefficient (Wildman–Crippen LogP) is 1.20. The first-order chi connectivity index (χ1) is 7.04. The zero-order valence-corrected chi connectivity index (χ0v) is 11.1. The van der Waals surface area contributed by atoms with Crippen LogP contribution in [0.3, 0.4) is 0 Å². The molecule has 0 saturated heterocycles. The van der Waals surface area contributed by atoms with Crippen LogP contribution in [0, 0.1) is 0 Å². The molecular formula is C7H13Cl2NO5S. The zero-order chi connectivity index (χ0) is 13.0. The second kappa shape index (κ2) is 6.02. The third kappa shape index (κ3) is 7.24. The van der Waals surface area contributed by atoms with Gasteiger partial charge in [0.1, 0.15) is 12.4 Å². The fourth-order valence-corrected chi connectivity index (χ4v) is 1.14. The molecular weight excluding hydrogens is 281 g/mol. The van der Waals surface area contributed by atoms with Crippen molar-refractivity contribution in [3.05, 3.63) is 0 Å². The summed E-state index contributed by atoms with van der Waals surface area (Å²) in [5.41, 5.74) is -0.821. The van der Waals surface area contributed by atoms with Gasteiger partial charge in [-0.25, -0.2) is 0 Å². The summed E-state index contributed by atoms with van der Waals surface area (Å²) in [5, 5.41) is 0. The van der Waals surface area contributed by atoms with Crippen molar-refractivity contribution < 1.29 is 22.5 Å². The Bertz CT molecular complexity index is 341. The molecule has 0 saturated carbocycles. The van der Waals surface area contributed by atoms with Crippen LogP contribution in [0.15, 0.2) is 0 Å². The Labute approximate surface area is 104 Å². The number of hydrogen-bond donors (Lipinski definition) is 1. The van der Waals surface area contributed by atoms with Gasteiger partial charge in [-0.2, -0.15) is 8.42 Å². The third-order valence-corrected chi connectivity index (χ3v) is 3.24. The number of carbonyl (C=O) groups excluding carboxylic acids is 1. The van der Waals surface area contributed by atoms with E-state index in [1.165, 1.54) is 0 Å². The molecule has 1 N–H and O–H groups in total. The Balaban J connectivity index is 4.02. The van der Waals surface area contributed by atoms with Gasteiger partial charge in [-0.15, -0.1) is 3.94 Å². The Morgan fingerprint density at radius 2 is 1.94 bits per heavy atom. The second-order valence-corrected chi connectivity index (χ2v) is 6.15. The van der Waals surface area contributed by atoms with Crippen LogP contribution in [0.4, 0.5) is 0 Å². The van der Waals surface area contributed by atoms with Gasteiger partial charge in [0.15, 0.2) is 0 Å². The lowest BCUT2D eigenvalue weighted by Crippen LogP contribution is -2.34. The summed E-state index contributed by atoms with van der Waals surface area (Å²) in [6.45, 7) is 2.81. The van der Waals surface area contributed by atoms with E-state index >= 15 is 0 Å². The first kappa shape index (κ1) is 15.9. The minimum absolute atomic E-state index is 0.106. The average Bonchev–Trinajstić information content (AvgIpc) is 1.99. The van der Waals surface area contributed by atoms with E-state index in [2.05, 4.69) is 4.74 Å². The van der Waals surface area contributed by atoms with Crippen molar-refractivity contribution >= 4 is 39.6 Å². The summed E-state index contributed by atoms with van der Waals surface area (Å²) in [7, 11) is -4.12. The molecule has 0 aromatic rings. The van der Waals surface area contributed by atoms with Crippen LogP contribution in [0.2, 0.25) is 0 Å². The van der Waals surface area contributed by atoms with E-state index in [1.54, 1.807) is 13.8 Å². The molecule has 0 fully saturated rings. The van der Waals surface area contributed by atoms with Crippen molar-refractivity contribution in [3.63, 3.8) is 0 Å². The number of esters is 1. The number of rotatable bonds is 6. The number of carbonyl (C=O) groups is 1. The molecule has 0 aliphatic carbocycles. The first-order valence-electron chi connectivity index (χ1n) is 4.27. The molecule has 0 aliphatic rings. The summed E-state index contributed by atoms with van der Waals surface area (Å²) in [6, 6.07) is 0. The van der Waals surface area contributed by atoms with Gasteiger partial charge in [0.05, 0.1) is 12.0 Å². The molecule has 0 aromatic heterocycles. The van der Waals surface area contributed by atoms with Crippen molar-refractivity contribution in [2.45, 2.75) is 25.8 Å². The molecule has 0 aromatic carbocycles. The molecule has 0 amide bonds. The number of ether oxygens (including phenoxy) is 1. The van der Waals surface area contributed by atoms with E-state index < -0.39 is 34.0 Å². The largest absolute Gasteiger partial charge is 0.464 e. The van der Waals surface area contributed by atoms with Crippen LogP contribution in [-0.2, 0) is 19.6 Å². The van der Waals surface area contributed by atoms with E-state index in [0.717, 1.165) is 3.94 Å². The van der Waals surface area contributed by atoms with E-state index in [1.807, 2.05) is 0 Å². The Morgan fingerprint density at radius 3 is 2.31 bits per heavy atom. The molecule has 0 rings (SSSR count). The molecule has 0 heterocycles. The maximum Gasteiger partial charge on any atom is 0.307 e. The quantitative estimate of drug-likeness (QED) is 0.450. The van der Waals surface area contributed by atoms with Crippen LogP contribution in [-0.4, -0.2) is 40.8 Å². The van der Waals surface area contributed by atoms with Gasteiger partial charge < -0.3 is 4.74 Å². The predicted molar refractivity (Wildman–Crippen MR) is 59.6 cm³/mol. The molecule has 16 heavy (non-hydrogen) atoms. The second-order valence-electron chi connectivity index (χ2n) is 3.73. The molecule has 6 nitrogen and oxygen atoms in total. The number of nitrogens with zero attached hydrogens (tertiary/aromatic N) is 1. The monoisotopic (exact) mass is 293 g/mol. The van der Waals surface area contributed by atoms with Crippen molar-refractivity contribution in [3.8, 4) is 0 Å². The van der Waals surface area contributed by atoms with Gasteiger partial charge >= 0.3 is 5.97 Å². The standard InChI is InChI=1S/C7H13Cl2NO5S/c1-7(2,10(8)9)5-6(11)15-3-4-16(12,13)14/h3-5H2,1-2H3,(H,12,13,14). The van der Waals surface area contributed by atoms with E-state index in [9.17, 15) is 13.2 Å². The molecule has 96 valence electrons. The lowest BCUT2D eigenvalue weighted by molar-refractivity contribution is -0.144. The minimum Gasteiger partial charge on any atom is -0.464 e. The average molecular weight is 294 g/mol. The summed E-state index contributed by atoms with van der Waals surface area (Å²) < 4.78 is 34.4. The van der Waals surface area contributed by atoms with Gasteiger partial charge in [-0.1, -0.05) is 0 Å². The normalized spacial score (nSPS) is 12.9. The van der Waals surface area contributed by atoms with Gasteiger partial charge in [-0.05, 0) is 37.4 Å². The van der Waals surface area contributed by atoms with E-state index in [4.69, 9.17) is 28.1 Å². The molecule has 0 unspecified atom stereocenters. The van der Waals surface area contributed by atoms with Crippen LogP contribution < -0.4 is 0 Å². The van der Waals surface area contributed by atoms with Gasteiger partial charge in [0.25, 0.3) is 10.1 Å². The molecule has 0 aliphatic heterocycles. The molecule has 0 radical (unpaired) electrons. The molecule has 0 atom stereocenters. The van der Waals surface area contributed by atoms with Crippen LogP contribution in [0.5, 0.6) is 0 Å². The summed E-state index contributed by atoms with van der Waals surface area (Å²) in [5.74, 6) is -1.29. The Kier molecular flexibility index (Phi) is 5.99. The van der Waals surface area contributed by atoms with Crippen molar-refractivity contribution in [2.75, 3.05) is 12.4 Å². The zero-order valence-electron chi connectivity index (χ0n) is 8.81. The summed E-state index contributed by atoms with van der Waals surface area (Å²) in [6.07, 6.45) is -0.106. The highest BCUT2D eigenvalue weighted by molar-refractivity contribution is 7.85. The van der Waals surface area contributed by atoms with Crippen molar-refractivity contribution in [2.24, 2.45) is 0 Å². The SMILES string of the molecule is CC(C)(CC(=O)OCCS(=O)(=O)O)N(Cl)Cl. The highest BCUT2D eigenvalue weighted by Crippen LogP contribution is 2.23. The number of halogens is 2. The molecule has 0 spiro atoms. The summed E-state index contributed by atoms with van der Waals surface area (Å²) in [4.78, 5) is 11.2. The van der Waals surface area contributed by atoms with Crippen LogP contribution in [0.1, 0.15) is 20.3 Å². The smallest absolute Gasteiger partial charge is 0.307 e.